The normalized spacial score (nSPS) is 20.4. The highest BCUT2D eigenvalue weighted by molar-refractivity contribution is 5.26. The lowest BCUT2D eigenvalue weighted by Gasteiger charge is -2.39. The molecule has 17 heavy (non-hydrogen) atoms. The van der Waals surface area contributed by atoms with Gasteiger partial charge in [0.1, 0.15) is 0 Å². The van der Waals surface area contributed by atoms with E-state index in [1.807, 2.05) is 12.2 Å². The number of allylic oxidation sites excluding steroid dienone is 2. The van der Waals surface area contributed by atoms with Gasteiger partial charge in [-0.3, -0.25) is 0 Å². The maximum atomic E-state index is 3.98. The fourth-order valence-corrected chi connectivity index (χ4v) is 2.58. The van der Waals surface area contributed by atoms with Crippen LogP contribution in [0, 0.1) is 0 Å². The smallest absolute Gasteiger partial charge is 0.0555 e. The standard InChI is InChI=1S/C15H26N2/c1-5-9-13-10-11-14(16-8-4)15(7-3)17(13)12-6-2/h5,7,13,16H,1,3,6,8-12H2,2,4H3. The van der Waals surface area contributed by atoms with Crippen molar-refractivity contribution in [2.24, 2.45) is 0 Å². The summed E-state index contributed by atoms with van der Waals surface area (Å²) in [6, 6.07) is 0.600. The largest absolute Gasteiger partial charge is 0.387 e. The van der Waals surface area contributed by atoms with Gasteiger partial charge in [0.2, 0.25) is 0 Å². The molecule has 1 aliphatic heterocycles. The van der Waals surface area contributed by atoms with Crippen molar-refractivity contribution in [2.75, 3.05) is 13.1 Å². The van der Waals surface area contributed by atoms with E-state index in [0.717, 1.165) is 25.9 Å². The third-order valence-electron chi connectivity index (χ3n) is 3.27. The van der Waals surface area contributed by atoms with E-state index in [0.29, 0.717) is 6.04 Å². The molecule has 0 fully saturated rings. The van der Waals surface area contributed by atoms with Crippen molar-refractivity contribution in [1.29, 1.82) is 0 Å². The second kappa shape index (κ2) is 7.21. The van der Waals surface area contributed by atoms with Crippen LogP contribution in [0.25, 0.3) is 0 Å². The first kappa shape index (κ1) is 13.9. The number of nitrogens with zero attached hydrogens (tertiary/aromatic N) is 1. The molecule has 2 nitrogen and oxygen atoms in total. The topological polar surface area (TPSA) is 15.3 Å². The summed E-state index contributed by atoms with van der Waals surface area (Å²) in [5.41, 5.74) is 2.66. The van der Waals surface area contributed by atoms with Crippen LogP contribution in [-0.4, -0.2) is 24.0 Å². The Bertz CT molecular complexity index is 291. The fraction of sp³-hybridized carbons (Fsp3) is 0.600. The van der Waals surface area contributed by atoms with Gasteiger partial charge in [0, 0.05) is 24.8 Å². The Kier molecular flexibility index (Phi) is 5.88. The Balaban J connectivity index is 2.93. The summed E-state index contributed by atoms with van der Waals surface area (Å²) in [7, 11) is 0. The molecule has 1 unspecified atom stereocenters. The molecule has 0 saturated carbocycles. The van der Waals surface area contributed by atoms with Crippen molar-refractivity contribution in [3.8, 4) is 0 Å². The van der Waals surface area contributed by atoms with E-state index in [1.165, 1.54) is 24.2 Å². The molecule has 1 aliphatic rings. The van der Waals surface area contributed by atoms with Crippen LogP contribution < -0.4 is 5.32 Å². The van der Waals surface area contributed by atoms with Crippen molar-refractivity contribution in [3.63, 3.8) is 0 Å². The van der Waals surface area contributed by atoms with Gasteiger partial charge < -0.3 is 10.2 Å². The Hall–Kier alpha value is -1.18. The van der Waals surface area contributed by atoms with Crippen molar-refractivity contribution >= 4 is 0 Å². The fourth-order valence-electron chi connectivity index (χ4n) is 2.58. The Morgan fingerprint density at radius 3 is 2.71 bits per heavy atom. The predicted octanol–water partition coefficient (Wildman–Crippen LogP) is 3.44. The van der Waals surface area contributed by atoms with Gasteiger partial charge in [0.05, 0.1) is 5.70 Å². The minimum Gasteiger partial charge on any atom is -0.387 e. The third kappa shape index (κ3) is 3.39. The van der Waals surface area contributed by atoms with Crippen molar-refractivity contribution in [2.45, 2.75) is 45.6 Å². The summed E-state index contributed by atoms with van der Waals surface area (Å²) in [4.78, 5) is 2.50. The van der Waals surface area contributed by atoms with Crippen molar-refractivity contribution < 1.29 is 0 Å². The number of hydrogen-bond donors (Lipinski definition) is 1. The van der Waals surface area contributed by atoms with Gasteiger partial charge in [-0.15, -0.1) is 6.58 Å². The Morgan fingerprint density at radius 1 is 1.41 bits per heavy atom. The maximum Gasteiger partial charge on any atom is 0.0555 e. The molecule has 0 aliphatic carbocycles. The van der Waals surface area contributed by atoms with E-state index < -0.39 is 0 Å². The van der Waals surface area contributed by atoms with E-state index in [2.05, 4.69) is 37.2 Å². The molecule has 1 rings (SSSR count). The lowest BCUT2D eigenvalue weighted by molar-refractivity contribution is 0.225. The van der Waals surface area contributed by atoms with Crippen LogP contribution in [0.5, 0.6) is 0 Å². The van der Waals surface area contributed by atoms with E-state index in [1.54, 1.807) is 0 Å². The summed E-state index contributed by atoms with van der Waals surface area (Å²) in [6.07, 6.45) is 8.62. The highest BCUT2D eigenvalue weighted by Crippen LogP contribution is 2.28. The van der Waals surface area contributed by atoms with E-state index in [9.17, 15) is 0 Å². The zero-order chi connectivity index (χ0) is 12.7. The summed E-state index contributed by atoms with van der Waals surface area (Å²) in [6.45, 7) is 14.3. The monoisotopic (exact) mass is 234 g/mol. The van der Waals surface area contributed by atoms with Crippen molar-refractivity contribution in [1.82, 2.24) is 10.2 Å². The van der Waals surface area contributed by atoms with Crippen LogP contribution in [-0.2, 0) is 0 Å². The first-order valence-corrected chi connectivity index (χ1v) is 6.75. The first-order valence-electron chi connectivity index (χ1n) is 6.75. The van der Waals surface area contributed by atoms with Crippen LogP contribution in [0.4, 0.5) is 0 Å². The van der Waals surface area contributed by atoms with Gasteiger partial charge >= 0.3 is 0 Å². The summed E-state index contributed by atoms with van der Waals surface area (Å²) < 4.78 is 0. The quantitative estimate of drug-likeness (QED) is 0.679. The minimum absolute atomic E-state index is 0.600. The zero-order valence-electron chi connectivity index (χ0n) is 11.3. The molecule has 1 N–H and O–H groups in total. The Morgan fingerprint density at radius 2 is 2.18 bits per heavy atom. The highest BCUT2D eigenvalue weighted by atomic mass is 15.2. The van der Waals surface area contributed by atoms with Crippen molar-refractivity contribution in [3.05, 3.63) is 36.7 Å². The molecule has 0 radical (unpaired) electrons. The molecule has 0 saturated heterocycles. The lowest BCUT2D eigenvalue weighted by Crippen LogP contribution is -2.40. The van der Waals surface area contributed by atoms with Gasteiger partial charge in [0.25, 0.3) is 0 Å². The van der Waals surface area contributed by atoms with Gasteiger partial charge in [-0.25, -0.2) is 0 Å². The first-order chi connectivity index (χ1) is 8.28. The molecule has 0 aromatic rings. The second-order valence-electron chi connectivity index (χ2n) is 4.51. The average Bonchev–Trinajstić information content (AvgIpc) is 2.33. The van der Waals surface area contributed by atoms with Crippen LogP contribution in [0.3, 0.4) is 0 Å². The van der Waals surface area contributed by atoms with Gasteiger partial charge in [0.15, 0.2) is 0 Å². The van der Waals surface area contributed by atoms with E-state index in [4.69, 9.17) is 0 Å². The van der Waals surface area contributed by atoms with E-state index >= 15 is 0 Å². The summed E-state index contributed by atoms with van der Waals surface area (Å²) in [5.74, 6) is 0. The minimum atomic E-state index is 0.600. The molecule has 0 bridgehead atoms. The molecule has 1 atom stereocenters. The van der Waals surface area contributed by atoms with Gasteiger partial charge in [-0.2, -0.15) is 0 Å². The molecule has 2 heteroatoms. The third-order valence-corrected chi connectivity index (χ3v) is 3.27. The summed E-state index contributed by atoms with van der Waals surface area (Å²) in [5, 5.41) is 3.48. The van der Waals surface area contributed by atoms with Gasteiger partial charge in [-0.1, -0.05) is 19.6 Å². The maximum absolute atomic E-state index is 3.98. The van der Waals surface area contributed by atoms with E-state index in [-0.39, 0.29) is 0 Å². The SMILES string of the molecule is C=CCC1CCC(NCC)=C(C=C)N1CCC. The number of hydrogen-bond acceptors (Lipinski definition) is 2. The predicted molar refractivity (Wildman–Crippen MR) is 75.7 cm³/mol. The summed E-state index contributed by atoms with van der Waals surface area (Å²) >= 11 is 0. The highest BCUT2D eigenvalue weighted by Gasteiger charge is 2.25. The van der Waals surface area contributed by atoms with Crippen LogP contribution in [0.1, 0.15) is 39.5 Å². The van der Waals surface area contributed by atoms with Crippen LogP contribution >= 0.6 is 0 Å². The van der Waals surface area contributed by atoms with Crippen LogP contribution in [0.15, 0.2) is 36.7 Å². The molecule has 0 aromatic heterocycles. The number of nitrogens with one attached hydrogen (secondary N) is 1. The molecule has 0 amide bonds. The zero-order valence-corrected chi connectivity index (χ0v) is 11.3. The van der Waals surface area contributed by atoms with Crippen LogP contribution in [0.2, 0.25) is 0 Å². The molecule has 0 aromatic carbocycles. The molecular formula is C15H26N2. The average molecular weight is 234 g/mol. The Labute approximate surface area is 106 Å². The molecule has 96 valence electrons. The molecular weight excluding hydrogens is 208 g/mol. The number of rotatable bonds is 7. The molecule has 1 heterocycles. The molecule has 0 spiro atoms. The lowest BCUT2D eigenvalue weighted by atomic mass is 9.97. The second-order valence-corrected chi connectivity index (χ2v) is 4.51. The van der Waals surface area contributed by atoms with Gasteiger partial charge in [-0.05, 0) is 38.7 Å².